The fourth-order valence-corrected chi connectivity index (χ4v) is 3.41. The van der Waals surface area contributed by atoms with Crippen LogP contribution in [0.25, 0.3) is 0 Å². The SMILES string of the molecule is COC1(CNS(=O)(=O)c2cc(C(=O)O)n(C)c2)CCC1. The van der Waals surface area contributed by atoms with Gasteiger partial charge in [0.25, 0.3) is 0 Å². The zero-order valence-corrected chi connectivity index (χ0v) is 12.2. The number of ether oxygens (including phenoxy) is 1. The number of carboxylic acids is 1. The molecule has 8 heteroatoms. The fourth-order valence-electron chi connectivity index (χ4n) is 2.23. The van der Waals surface area contributed by atoms with Crippen LogP contribution in [0.15, 0.2) is 17.2 Å². The van der Waals surface area contributed by atoms with E-state index in [9.17, 15) is 13.2 Å². The van der Waals surface area contributed by atoms with Crippen molar-refractivity contribution in [3.05, 3.63) is 18.0 Å². The second-order valence-electron chi connectivity index (χ2n) is 5.04. The molecule has 0 spiro atoms. The maximum atomic E-state index is 12.2. The Bertz CT molecular complexity index is 610. The van der Waals surface area contributed by atoms with E-state index in [0.29, 0.717) is 0 Å². The van der Waals surface area contributed by atoms with Crippen molar-refractivity contribution in [2.75, 3.05) is 13.7 Å². The number of hydrogen-bond donors (Lipinski definition) is 2. The number of aromatic nitrogens is 1. The quantitative estimate of drug-likeness (QED) is 0.800. The molecule has 0 radical (unpaired) electrons. The smallest absolute Gasteiger partial charge is 0.352 e. The van der Waals surface area contributed by atoms with Gasteiger partial charge in [0.05, 0.1) is 5.60 Å². The van der Waals surface area contributed by atoms with Crippen LogP contribution in [0.1, 0.15) is 29.8 Å². The number of rotatable bonds is 6. The van der Waals surface area contributed by atoms with E-state index < -0.39 is 21.6 Å². The molecule has 1 aromatic heterocycles. The summed E-state index contributed by atoms with van der Waals surface area (Å²) >= 11 is 0. The Hall–Kier alpha value is -1.38. The van der Waals surface area contributed by atoms with Crippen molar-refractivity contribution in [1.29, 1.82) is 0 Å². The molecule has 2 N–H and O–H groups in total. The van der Waals surface area contributed by atoms with Crippen LogP contribution in [-0.2, 0) is 21.8 Å². The number of carboxylic acid groups (broad SMARTS) is 1. The number of carbonyl (C=O) groups is 1. The van der Waals surface area contributed by atoms with Crippen LogP contribution in [0.5, 0.6) is 0 Å². The Labute approximate surface area is 117 Å². The van der Waals surface area contributed by atoms with Gasteiger partial charge in [-0.3, -0.25) is 0 Å². The van der Waals surface area contributed by atoms with Gasteiger partial charge in [-0.1, -0.05) is 0 Å². The Morgan fingerprint density at radius 2 is 2.20 bits per heavy atom. The predicted octanol–water partition coefficient (Wildman–Crippen LogP) is 0.571. The summed E-state index contributed by atoms with van der Waals surface area (Å²) < 4.78 is 33.4. The third-order valence-electron chi connectivity index (χ3n) is 3.79. The van der Waals surface area contributed by atoms with Gasteiger partial charge in [-0.15, -0.1) is 0 Å². The number of aromatic carboxylic acids is 1. The van der Waals surface area contributed by atoms with Crippen molar-refractivity contribution >= 4 is 16.0 Å². The van der Waals surface area contributed by atoms with Crippen LogP contribution in [0.4, 0.5) is 0 Å². The van der Waals surface area contributed by atoms with E-state index in [2.05, 4.69) is 4.72 Å². The maximum Gasteiger partial charge on any atom is 0.352 e. The Kier molecular flexibility index (Phi) is 3.90. The van der Waals surface area contributed by atoms with Crippen LogP contribution in [0.2, 0.25) is 0 Å². The van der Waals surface area contributed by atoms with E-state index in [1.54, 1.807) is 7.11 Å². The molecule has 0 bridgehead atoms. The standard InChI is InChI=1S/C12H18N2O5S/c1-14-7-9(6-10(14)11(15)16)20(17,18)13-8-12(19-2)4-3-5-12/h6-7,13H,3-5,8H2,1-2H3,(H,15,16). The van der Waals surface area contributed by atoms with Gasteiger partial charge in [-0.25, -0.2) is 17.9 Å². The molecule has 1 fully saturated rings. The molecule has 0 amide bonds. The van der Waals surface area contributed by atoms with Crippen molar-refractivity contribution in [3.8, 4) is 0 Å². The van der Waals surface area contributed by atoms with Crippen LogP contribution in [-0.4, -0.2) is 43.3 Å². The monoisotopic (exact) mass is 302 g/mol. The lowest BCUT2D eigenvalue weighted by Crippen LogP contribution is -2.49. The molecule has 1 aliphatic carbocycles. The third kappa shape index (κ3) is 2.72. The number of hydrogen-bond acceptors (Lipinski definition) is 4. The van der Waals surface area contributed by atoms with Crippen LogP contribution >= 0.6 is 0 Å². The summed E-state index contributed by atoms with van der Waals surface area (Å²) in [6.45, 7) is 0.198. The van der Waals surface area contributed by atoms with Crippen LogP contribution in [0, 0.1) is 0 Å². The van der Waals surface area contributed by atoms with Crippen molar-refractivity contribution < 1.29 is 23.1 Å². The molecular formula is C12H18N2O5S. The van der Waals surface area contributed by atoms with Gasteiger partial charge in [-0.2, -0.15) is 0 Å². The Morgan fingerprint density at radius 1 is 1.55 bits per heavy atom. The first kappa shape index (κ1) is 15.0. The number of aryl methyl sites for hydroxylation is 1. The first-order valence-corrected chi connectivity index (χ1v) is 7.72. The number of nitrogens with zero attached hydrogens (tertiary/aromatic N) is 1. The maximum absolute atomic E-state index is 12.2. The van der Waals surface area contributed by atoms with Gasteiger partial charge in [0.1, 0.15) is 10.6 Å². The Balaban J connectivity index is 2.14. The predicted molar refractivity (Wildman–Crippen MR) is 71.2 cm³/mol. The van der Waals surface area contributed by atoms with Gasteiger partial charge in [0.15, 0.2) is 0 Å². The van der Waals surface area contributed by atoms with Gasteiger partial charge >= 0.3 is 5.97 Å². The van der Waals surface area contributed by atoms with E-state index in [1.807, 2.05) is 0 Å². The molecule has 112 valence electrons. The van der Waals surface area contributed by atoms with Gasteiger partial charge in [0.2, 0.25) is 10.0 Å². The Morgan fingerprint density at radius 3 is 2.60 bits per heavy atom. The minimum atomic E-state index is -3.73. The highest BCUT2D eigenvalue weighted by molar-refractivity contribution is 7.89. The largest absolute Gasteiger partial charge is 0.477 e. The molecule has 0 aliphatic heterocycles. The average Bonchev–Trinajstić information content (AvgIpc) is 2.71. The lowest BCUT2D eigenvalue weighted by Gasteiger charge is -2.40. The molecule has 0 atom stereocenters. The van der Waals surface area contributed by atoms with Crippen molar-refractivity contribution in [2.45, 2.75) is 29.8 Å². The zero-order valence-electron chi connectivity index (χ0n) is 11.4. The van der Waals surface area contributed by atoms with Crippen LogP contribution < -0.4 is 4.72 Å². The fraction of sp³-hybridized carbons (Fsp3) is 0.583. The number of methoxy groups -OCH3 is 1. The second-order valence-corrected chi connectivity index (χ2v) is 6.81. The molecule has 20 heavy (non-hydrogen) atoms. The molecular weight excluding hydrogens is 284 g/mol. The molecule has 1 aliphatic rings. The number of sulfonamides is 1. The summed E-state index contributed by atoms with van der Waals surface area (Å²) in [4.78, 5) is 10.9. The lowest BCUT2D eigenvalue weighted by atomic mass is 9.80. The molecule has 2 rings (SSSR count). The molecule has 1 heterocycles. The summed E-state index contributed by atoms with van der Waals surface area (Å²) in [5, 5.41) is 8.93. The van der Waals surface area contributed by atoms with Crippen molar-refractivity contribution in [3.63, 3.8) is 0 Å². The van der Waals surface area contributed by atoms with Gasteiger partial charge in [-0.05, 0) is 25.3 Å². The van der Waals surface area contributed by atoms with E-state index in [0.717, 1.165) is 25.3 Å². The minimum Gasteiger partial charge on any atom is -0.477 e. The highest BCUT2D eigenvalue weighted by Crippen LogP contribution is 2.34. The molecule has 0 aromatic carbocycles. The molecule has 1 aromatic rings. The second kappa shape index (κ2) is 5.19. The van der Waals surface area contributed by atoms with E-state index in [4.69, 9.17) is 9.84 Å². The number of nitrogens with one attached hydrogen (secondary N) is 1. The summed E-state index contributed by atoms with van der Waals surface area (Å²) in [6, 6.07) is 1.14. The van der Waals surface area contributed by atoms with Gasteiger partial charge in [0, 0.05) is 26.9 Å². The van der Waals surface area contributed by atoms with Crippen molar-refractivity contribution in [2.24, 2.45) is 7.05 Å². The molecule has 0 unspecified atom stereocenters. The highest BCUT2D eigenvalue weighted by atomic mass is 32.2. The van der Waals surface area contributed by atoms with Crippen molar-refractivity contribution in [1.82, 2.24) is 9.29 Å². The molecule has 1 saturated carbocycles. The summed E-state index contributed by atoms with van der Waals surface area (Å²) in [7, 11) is -0.670. The first-order chi connectivity index (χ1) is 9.30. The highest BCUT2D eigenvalue weighted by Gasteiger charge is 2.38. The average molecular weight is 302 g/mol. The summed E-state index contributed by atoms with van der Waals surface area (Å²) in [5.41, 5.74) is -0.493. The van der Waals surface area contributed by atoms with E-state index >= 15 is 0 Å². The zero-order chi connectivity index (χ0) is 15.0. The topological polar surface area (TPSA) is 97.6 Å². The lowest BCUT2D eigenvalue weighted by molar-refractivity contribution is -0.0659. The summed E-state index contributed by atoms with van der Waals surface area (Å²) in [5.74, 6) is -1.17. The van der Waals surface area contributed by atoms with E-state index in [-0.39, 0.29) is 17.1 Å². The molecule has 7 nitrogen and oxygen atoms in total. The normalized spacial score (nSPS) is 17.7. The molecule has 0 saturated heterocycles. The summed E-state index contributed by atoms with van der Waals surface area (Å²) in [6.07, 6.45) is 3.94. The first-order valence-electron chi connectivity index (χ1n) is 6.24. The van der Waals surface area contributed by atoms with Crippen LogP contribution in [0.3, 0.4) is 0 Å². The minimum absolute atomic E-state index is 0.0528. The third-order valence-corrected chi connectivity index (χ3v) is 5.16. The van der Waals surface area contributed by atoms with Gasteiger partial charge < -0.3 is 14.4 Å². The van der Waals surface area contributed by atoms with E-state index in [1.165, 1.54) is 17.8 Å².